The van der Waals surface area contributed by atoms with Crippen molar-refractivity contribution in [2.45, 2.75) is 51.7 Å². The number of nitrogens with zero attached hydrogens (tertiary/aromatic N) is 1. The zero-order valence-electron chi connectivity index (χ0n) is 14.6. The minimum atomic E-state index is -0.616. The number of benzene rings is 1. The molecule has 1 fully saturated rings. The molecular formula is C19H28N2O3. The van der Waals surface area contributed by atoms with Crippen molar-refractivity contribution in [3.8, 4) is 0 Å². The standard InChI is InChI=1S/C19H28N2O3/c1-14(2)17(22)12-18(23)20-16-10-11-21(13-16)19(24)9-8-15-6-4-3-5-7-15/h3-7,14,16-17,22H,8-13H2,1-2H3,(H,20,23). The average Bonchev–Trinajstić information content (AvgIpc) is 3.01. The van der Waals surface area contributed by atoms with Gasteiger partial charge in [-0.2, -0.15) is 0 Å². The highest BCUT2D eigenvalue weighted by Gasteiger charge is 2.27. The summed E-state index contributed by atoms with van der Waals surface area (Å²) in [5.74, 6) is 0.0630. The normalized spacial score (nSPS) is 18.7. The lowest BCUT2D eigenvalue weighted by Gasteiger charge is -2.18. The molecule has 2 amide bonds. The number of rotatable bonds is 7. The Labute approximate surface area is 144 Å². The first-order chi connectivity index (χ1) is 11.5. The zero-order chi connectivity index (χ0) is 17.5. The van der Waals surface area contributed by atoms with Crippen molar-refractivity contribution in [3.63, 3.8) is 0 Å². The Morgan fingerprint density at radius 3 is 2.67 bits per heavy atom. The molecule has 24 heavy (non-hydrogen) atoms. The van der Waals surface area contributed by atoms with Crippen LogP contribution >= 0.6 is 0 Å². The molecule has 1 heterocycles. The van der Waals surface area contributed by atoms with Gasteiger partial charge in [-0.25, -0.2) is 0 Å². The summed E-state index contributed by atoms with van der Waals surface area (Å²) in [6.45, 7) is 5.03. The summed E-state index contributed by atoms with van der Waals surface area (Å²) in [5, 5.41) is 12.7. The monoisotopic (exact) mass is 332 g/mol. The summed E-state index contributed by atoms with van der Waals surface area (Å²) >= 11 is 0. The van der Waals surface area contributed by atoms with E-state index in [0.717, 1.165) is 18.4 Å². The van der Waals surface area contributed by atoms with Crippen LogP contribution in [0.25, 0.3) is 0 Å². The van der Waals surface area contributed by atoms with Gasteiger partial charge >= 0.3 is 0 Å². The third-order valence-corrected chi connectivity index (χ3v) is 4.54. The van der Waals surface area contributed by atoms with Gasteiger partial charge in [0.15, 0.2) is 0 Å². The van der Waals surface area contributed by atoms with Crippen LogP contribution in [0.4, 0.5) is 0 Å². The van der Waals surface area contributed by atoms with E-state index >= 15 is 0 Å². The molecule has 5 heteroatoms. The smallest absolute Gasteiger partial charge is 0.222 e. The molecule has 0 bridgehead atoms. The minimum Gasteiger partial charge on any atom is -0.392 e. The number of carbonyl (C=O) groups excluding carboxylic acids is 2. The molecule has 1 aromatic rings. The van der Waals surface area contributed by atoms with Crippen LogP contribution in [-0.4, -0.2) is 47.1 Å². The van der Waals surface area contributed by atoms with E-state index in [4.69, 9.17) is 0 Å². The average molecular weight is 332 g/mol. The van der Waals surface area contributed by atoms with Gasteiger partial charge in [-0.3, -0.25) is 9.59 Å². The van der Waals surface area contributed by atoms with E-state index in [-0.39, 0.29) is 30.2 Å². The number of likely N-dealkylation sites (tertiary alicyclic amines) is 1. The Bertz CT molecular complexity index is 545. The molecule has 132 valence electrons. The van der Waals surface area contributed by atoms with Crippen LogP contribution < -0.4 is 5.32 Å². The van der Waals surface area contributed by atoms with Crippen molar-refractivity contribution in [2.75, 3.05) is 13.1 Å². The van der Waals surface area contributed by atoms with Gasteiger partial charge < -0.3 is 15.3 Å². The van der Waals surface area contributed by atoms with Crippen molar-refractivity contribution in [2.24, 2.45) is 5.92 Å². The second-order valence-corrected chi connectivity index (χ2v) is 6.89. The maximum Gasteiger partial charge on any atom is 0.222 e. The zero-order valence-corrected chi connectivity index (χ0v) is 14.6. The molecule has 2 N–H and O–H groups in total. The van der Waals surface area contributed by atoms with E-state index in [1.54, 1.807) is 0 Å². The molecule has 5 nitrogen and oxygen atoms in total. The number of aryl methyl sites for hydroxylation is 1. The van der Waals surface area contributed by atoms with Crippen molar-refractivity contribution >= 4 is 11.8 Å². The molecule has 0 saturated carbocycles. The van der Waals surface area contributed by atoms with Gasteiger partial charge in [-0.15, -0.1) is 0 Å². The van der Waals surface area contributed by atoms with Crippen LogP contribution in [0, 0.1) is 5.92 Å². The highest BCUT2D eigenvalue weighted by molar-refractivity contribution is 5.78. The van der Waals surface area contributed by atoms with Crippen LogP contribution in [0.2, 0.25) is 0 Å². The van der Waals surface area contributed by atoms with Crippen molar-refractivity contribution in [1.82, 2.24) is 10.2 Å². The number of nitrogens with one attached hydrogen (secondary N) is 1. The maximum atomic E-state index is 12.3. The van der Waals surface area contributed by atoms with Gasteiger partial charge in [0.1, 0.15) is 0 Å². The van der Waals surface area contributed by atoms with E-state index in [9.17, 15) is 14.7 Å². The molecule has 1 aliphatic heterocycles. The van der Waals surface area contributed by atoms with E-state index < -0.39 is 6.10 Å². The number of aliphatic hydroxyl groups is 1. The van der Waals surface area contributed by atoms with Crippen molar-refractivity contribution < 1.29 is 14.7 Å². The summed E-state index contributed by atoms with van der Waals surface area (Å²) in [5.41, 5.74) is 1.16. The Morgan fingerprint density at radius 1 is 1.29 bits per heavy atom. The molecule has 0 spiro atoms. The summed E-state index contributed by atoms with van der Waals surface area (Å²) < 4.78 is 0. The van der Waals surface area contributed by atoms with E-state index in [1.165, 1.54) is 0 Å². The molecule has 1 saturated heterocycles. The van der Waals surface area contributed by atoms with Crippen LogP contribution in [0.3, 0.4) is 0 Å². The van der Waals surface area contributed by atoms with Crippen molar-refractivity contribution in [1.29, 1.82) is 0 Å². The van der Waals surface area contributed by atoms with E-state index in [2.05, 4.69) is 5.32 Å². The highest BCUT2D eigenvalue weighted by Crippen LogP contribution is 2.13. The molecule has 2 rings (SSSR count). The Hall–Kier alpha value is -1.88. The number of hydrogen-bond acceptors (Lipinski definition) is 3. The lowest BCUT2D eigenvalue weighted by molar-refractivity contribution is -0.130. The number of carbonyl (C=O) groups is 2. The molecule has 2 unspecified atom stereocenters. The fourth-order valence-corrected chi connectivity index (χ4v) is 2.87. The molecular weight excluding hydrogens is 304 g/mol. The fourth-order valence-electron chi connectivity index (χ4n) is 2.87. The molecule has 0 radical (unpaired) electrons. The highest BCUT2D eigenvalue weighted by atomic mass is 16.3. The second kappa shape index (κ2) is 8.83. The molecule has 1 aromatic carbocycles. The Kier molecular flexibility index (Phi) is 6.79. The van der Waals surface area contributed by atoms with Crippen LogP contribution in [-0.2, 0) is 16.0 Å². The van der Waals surface area contributed by atoms with Gasteiger partial charge in [0.2, 0.25) is 11.8 Å². The lowest BCUT2D eigenvalue weighted by Crippen LogP contribution is -2.40. The number of amides is 2. The molecule has 1 aliphatic rings. The molecule has 0 aliphatic carbocycles. The first-order valence-corrected chi connectivity index (χ1v) is 8.75. The molecule has 0 aromatic heterocycles. The van der Waals surface area contributed by atoms with Crippen molar-refractivity contribution in [3.05, 3.63) is 35.9 Å². The maximum absolute atomic E-state index is 12.3. The van der Waals surface area contributed by atoms with Crippen LogP contribution in [0.15, 0.2) is 30.3 Å². The topological polar surface area (TPSA) is 69.6 Å². The third-order valence-electron chi connectivity index (χ3n) is 4.54. The Morgan fingerprint density at radius 2 is 2.00 bits per heavy atom. The summed E-state index contributed by atoms with van der Waals surface area (Å²) in [6.07, 6.45) is 1.52. The van der Waals surface area contributed by atoms with Crippen LogP contribution in [0.5, 0.6) is 0 Å². The first kappa shape index (κ1) is 18.5. The van der Waals surface area contributed by atoms with Gasteiger partial charge in [-0.1, -0.05) is 44.2 Å². The SMILES string of the molecule is CC(C)C(O)CC(=O)NC1CCN(C(=O)CCc2ccccc2)C1. The predicted molar refractivity (Wildman–Crippen MR) is 93.4 cm³/mol. The number of aliphatic hydroxyl groups excluding tert-OH is 1. The van der Waals surface area contributed by atoms with Gasteiger partial charge in [-0.05, 0) is 24.3 Å². The summed E-state index contributed by atoms with van der Waals surface area (Å²) in [6, 6.07) is 9.98. The first-order valence-electron chi connectivity index (χ1n) is 8.75. The second-order valence-electron chi connectivity index (χ2n) is 6.89. The number of hydrogen-bond donors (Lipinski definition) is 2. The van der Waals surface area contributed by atoms with E-state index in [0.29, 0.717) is 19.5 Å². The molecule has 2 atom stereocenters. The third kappa shape index (κ3) is 5.64. The van der Waals surface area contributed by atoms with E-state index in [1.807, 2.05) is 49.1 Å². The lowest BCUT2D eigenvalue weighted by atomic mass is 10.0. The van der Waals surface area contributed by atoms with Gasteiger partial charge in [0, 0.05) is 25.6 Å². The Balaban J connectivity index is 1.72. The summed E-state index contributed by atoms with van der Waals surface area (Å²) in [7, 11) is 0. The van der Waals surface area contributed by atoms with Crippen LogP contribution in [0.1, 0.15) is 38.7 Å². The quantitative estimate of drug-likeness (QED) is 0.799. The fraction of sp³-hybridized carbons (Fsp3) is 0.579. The largest absolute Gasteiger partial charge is 0.392 e. The predicted octanol–water partition coefficient (Wildman–Crippen LogP) is 1.74. The summed E-state index contributed by atoms with van der Waals surface area (Å²) in [4.78, 5) is 26.0. The van der Waals surface area contributed by atoms with Gasteiger partial charge in [0.05, 0.1) is 12.5 Å². The minimum absolute atomic E-state index is 0.00228. The van der Waals surface area contributed by atoms with Gasteiger partial charge in [0.25, 0.3) is 0 Å².